The predicted octanol–water partition coefficient (Wildman–Crippen LogP) is 5.29. The SMILES string of the molecule is COc1cc(OC)c(/C(O)=C2\C(=O)C(=O)N(c3cccc(C)c3)C2c2ccccc2)cc1Cl. The number of methoxy groups -OCH3 is 2. The number of amides is 1. The number of aryl methyl sites for hydroxylation is 1. The van der Waals surface area contributed by atoms with Crippen molar-refractivity contribution in [3.05, 3.63) is 94.0 Å². The van der Waals surface area contributed by atoms with Crippen molar-refractivity contribution in [2.45, 2.75) is 13.0 Å². The first-order valence-corrected chi connectivity index (χ1v) is 10.6. The van der Waals surface area contributed by atoms with Crippen molar-refractivity contribution in [2.24, 2.45) is 0 Å². The van der Waals surface area contributed by atoms with Crippen LogP contribution in [0.25, 0.3) is 5.76 Å². The Bertz CT molecular complexity index is 1270. The van der Waals surface area contributed by atoms with E-state index in [1.54, 1.807) is 6.07 Å². The molecule has 0 aliphatic carbocycles. The zero-order chi connectivity index (χ0) is 23.7. The summed E-state index contributed by atoms with van der Waals surface area (Å²) in [5.74, 6) is -1.29. The zero-order valence-corrected chi connectivity index (χ0v) is 19.1. The van der Waals surface area contributed by atoms with Gasteiger partial charge in [0.2, 0.25) is 0 Å². The number of carbonyl (C=O) groups excluding carboxylic acids is 2. The lowest BCUT2D eigenvalue weighted by molar-refractivity contribution is -0.132. The van der Waals surface area contributed by atoms with Crippen molar-refractivity contribution in [2.75, 3.05) is 19.1 Å². The van der Waals surface area contributed by atoms with Gasteiger partial charge in [-0.15, -0.1) is 0 Å². The Labute approximate surface area is 196 Å². The molecule has 7 heteroatoms. The first-order valence-electron chi connectivity index (χ1n) is 10.2. The van der Waals surface area contributed by atoms with E-state index in [1.807, 2.05) is 55.5 Å². The molecule has 168 valence electrons. The van der Waals surface area contributed by atoms with Crippen LogP contribution in [0.15, 0.2) is 72.3 Å². The Morgan fingerprint density at radius 3 is 2.27 bits per heavy atom. The maximum Gasteiger partial charge on any atom is 0.300 e. The molecule has 1 amide bonds. The van der Waals surface area contributed by atoms with Gasteiger partial charge in [0.1, 0.15) is 17.3 Å². The fourth-order valence-corrected chi connectivity index (χ4v) is 4.26. The average molecular weight is 464 g/mol. The van der Waals surface area contributed by atoms with E-state index in [2.05, 4.69) is 0 Å². The predicted molar refractivity (Wildman–Crippen MR) is 127 cm³/mol. The number of ketones is 1. The third-order valence-electron chi connectivity index (χ3n) is 5.57. The van der Waals surface area contributed by atoms with Gasteiger partial charge in [0.15, 0.2) is 0 Å². The molecule has 0 aromatic heterocycles. The number of carbonyl (C=O) groups is 2. The summed E-state index contributed by atoms with van der Waals surface area (Å²) < 4.78 is 10.6. The van der Waals surface area contributed by atoms with E-state index >= 15 is 0 Å². The molecule has 1 saturated heterocycles. The van der Waals surface area contributed by atoms with E-state index in [4.69, 9.17) is 21.1 Å². The van der Waals surface area contributed by atoms with Gasteiger partial charge in [-0.1, -0.05) is 54.1 Å². The van der Waals surface area contributed by atoms with Gasteiger partial charge in [0.05, 0.1) is 36.4 Å². The van der Waals surface area contributed by atoms with Gasteiger partial charge in [0.25, 0.3) is 11.7 Å². The van der Waals surface area contributed by atoms with E-state index in [9.17, 15) is 14.7 Å². The number of halogens is 1. The zero-order valence-electron chi connectivity index (χ0n) is 18.3. The fourth-order valence-electron chi connectivity index (χ4n) is 4.02. The van der Waals surface area contributed by atoms with E-state index in [1.165, 1.54) is 31.3 Å². The number of rotatable bonds is 5. The number of hydrogen-bond donors (Lipinski definition) is 1. The summed E-state index contributed by atoms with van der Waals surface area (Å²) >= 11 is 6.29. The molecule has 1 aliphatic heterocycles. The van der Waals surface area contributed by atoms with Crippen LogP contribution in [0.1, 0.15) is 22.7 Å². The molecule has 3 aromatic rings. The molecule has 1 N–H and O–H groups in total. The third-order valence-corrected chi connectivity index (χ3v) is 5.86. The summed E-state index contributed by atoms with van der Waals surface area (Å²) in [6, 6.07) is 18.5. The lowest BCUT2D eigenvalue weighted by Crippen LogP contribution is -2.29. The Morgan fingerprint density at radius 1 is 0.939 bits per heavy atom. The van der Waals surface area contributed by atoms with Gasteiger partial charge in [-0.3, -0.25) is 14.5 Å². The highest BCUT2D eigenvalue weighted by Crippen LogP contribution is 2.44. The standard InChI is InChI=1S/C26H22ClNO5/c1-15-8-7-11-17(12-15)28-23(16-9-5-4-6-10-16)22(25(30)26(28)31)24(29)18-13-19(27)21(33-3)14-20(18)32-2/h4-14,23,29H,1-3H3/b24-22+. The largest absolute Gasteiger partial charge is 0.507 e. The number of aliphatic hydroxyl groups excluding tert-OH is 1. The van der Waals surface area contributed by atoms with E-state index in [-0.39, 0.29) is 27.7 Å². The summed E-state index contributed by atoms with van der Waals surface area (Å²) in [6.07, 6.45) is 0. The van der Waals surface area contributed by atoms with Crippen molar-refractivity contribution < 1.29 is 24.2 Å². The molecular formula is C26H22ClNO5. The molecule has 0 bridgehead atoms. The molecule has 4 rings (SSSR count). The van der Waals surface area contributed by atoms with Crippen molar-refractivity contribution in [1.82, 2.24) is 0 Å². The van der Waals surface area contributed by atoms with Crippen LogP contribution in [0, 0.1) is 6.92 Å². The number of nitrogens with zero attached hydrogens (tertiary/aromatic N) is 1. The highest BCUT2D eigenvalue weighted by atomic mass is 35.5. The fraction of sp³-hybridized carbons (Fsp3) is 0.154. The van der Waals surface area contributed by atoms with Gasteiger partial charge < -0.3 is 14.6 Å². The van der Waals surface area contributed by atoms with E-state index in [0.717, 1.165) is 5.56 Å². The molecule has 1 aliphatic rings. The lowest BCUT2D eigenvalue weighted by Gasteiger charge is -2.26. The smallest absolute Gasteiger partial charge is 0.300 e. The number of aliphatic hydroxyl groups is 1. The highest BCUT2D eigenvalue weighted by molar-refractivity contribution is 6.51. The van der Waals surface area contributed by atoms with Crippen LogP contribution < -0.4 is 14.4 Å². The maximum atomic E-state index is 13.3. The first kappa shape index (κ1) is 22.4. The van der Waals surface area contributed by atoms with Crippen LogP contribution >= 0.6 is 11.6 Å². The minimum absolute atomic E-state index is 0.0489. The molecule has 6 nitrogen and oxygen atoms in total. The van der Waals surface area contributed by atoms with Crippen LogP contribution in [0.3, 0.4) is 0 Å². The normalized spacial score (nSPS) is 17.3. The minimum Gasteiger partial charge on any atom is -0.507 e. The number of Topliss-reactive ketones (excluding diaryl/α,β-unsaturated/α-hetero) is 1. The van der Waals surface area contributed by atoms with Crippen LogP contribution in [0.4, 0.5) is 5.69 Å². The molecule has 0 radical (unpaired) electrons. The minimum atomic E-state index is -0.835. The second-order valence-electron chi connectivity index (χ2n) is 7.61. The van der Waals surface area contributed by atoms with Gasteiger partial charge >= 0.3 is 0 Å². The number of ether oxygens (including phenoxy) is 2. The number of hydrogen-bond acceptors (Lipinski definition) is 5. The second-order valence-corrected chi connectivity index (χ2v) is 8.01. The summed E-state index contributed by atoms with van der Waals surface area (Å²) in [5.41, 5.74) is 2.31. The van der Waals surface area contributed by atoms with Gasteiger partial charge in [-0.05, 0) is 36.2 Å². The Balaban J connectivity index is 1.98. The Morgan fingerprint density at radius 2 is 1.64 bits per heavy atom. The molecule has 1 atom stereocenters. The molecule has 3 aromatic carbocycles. The van der Waals surface area contributed by atoms with Crippen molar-refractivity contribution >= 4 is 34.7 Å². The van der Waals surface area contributed by atoms with E-state index in [0.29, 0.717) is 17.0 Å². The highest BCUT2D eigenvalue weighted by Gasteiger charge is 2.47. The van der Waals surface area contributed by atoms with Crippen molar-refractivity contribution in [3.63, 3.8) is 0 Å². The summed E-state index contributed by atoms with van der Waals surface area (Å²) in [7, 11) is 2.89. The average Bonchev–Trinajstić information content (AvgIpc) is 3.09. The van der Waals surface area contributed by atoms with Crippen molar-refractivity contribution in [1.29, 1.82) is 0 Å². The molecular weight excluding hydrogens is 442 g/mol. The number of benzene rings is 3. The quantitative estimate of drug-likeness (QED) is 0.316. The summed E-state index contributed by atoms with van der Waals surface area (Å²) in [5, 5.41) is 11.6. The van der Waals surface area contributed by atoms with Crippen LogP contribution in [0.5, 0.6) is 11.5 Å². The first-order chi connectivity index (χ1) is 15.9. The Kier molecular flexibility index (Phi) is 6.11. The maximum absolute atomic E-state index is 13.3. The topological polar surface area (TPSA) is 76.1 Å². The lowest BCUT2D eigenvalue weighted by atomic mass is 9.94. The van der Waals surface area contributed by atoms with Gasteiger partial charge in [-0.25, -0.2) is 0 Å². The summed E-state index contributed by atoms with van der Waals surface area (Å²) in [4.78, 5) is 27.9. The molecule has 33 heavy (non-hydrogen) atoms. The monoisotopic (exact) mass is 463 g/mol. The summed E-state index contributed by atoms with van der Waals surface area (Å²) in [6.45, 7) is 1.90. The molecule has 1 fully saturated rings. The second kappa shape index (κ2) is 9.00. The third kappa shape index (κ3) is 3.94. The molecule has 0 spiro atoms. The van der Waals surface area contributed by atoms with E-state index < -0.39 is 17.7 Å². The number of anilines is 1. The van der Waals surface area contributed by atoms with Crippen LogP contribution in [0.2, 0.25) is 5.02 Å². The molecule has 0 saturated carbocycles. The van der Waals surface area contributed by atoms with Crippen molar-refractivity contribution in [3.8, 4) is 11.5 Å². The van der Waals surface area contributed by atoms with Gasteiger partial charge in [-0.2, -0.15) is 0 Å². The molecule has 1 unspecified atom stereocenters. The molecule has 1 heterocycles. The Hall–Kier alpha value is -3.77. The van der Waals surface area contributed by atoms with Gasteiger partial charge in [0, 0.05) is 11.8 Å². The van der Waals surface area contributed by atoms with Crippen LogP contribution in [-0.2, 0) is 9.59 Å². The van der Waals surface area contributed by atoms with Crippen LogP contribution in [-0.4, -0.2) is 31.0 Å².